The van der Waals surface area contributed by atoms with Crippen molar-refractivity contribution in [3.63, 3.8) is 0 Å². The summed E-state index contributed by atoms with van der Waals surface area (Å²) >= 11 is 0. The average molecular weight is 222 g/mol. The molecule has 0 N–H and O–H groups in total. The molecule has 0 fully saturated rings. The van der Waals surface area contributed by atoms with Gasteiger partial charge in [0.2, 0.25) is 0 Å². The molecule has 0 heterocycles. The molecule has 0 bridgehead atoms. The summed E-state index contributed by atoms with van der Waals surface area (Å²) in [4.78, 5) is 0. The van der Waals surface area contributed by atoms with Gasteiger partial charge in [0.25, 0.3) is 0 Å². The highest BCUT2D eigenvalue weighted by Gasteiger charge is 2.03. The van der Waals surface area contributed by atoms with Crippen LogP contribution >= 0.6 is 0 Å². The van der Waals surface area contributed by atoms with Gasteiger partial charge in [-0.15, -0.1) is 0 Å². The summed E-state index contributed by atoms with van der Waals surface area (Å²) in [6, 6.07) is 15.2. The van der Waals surface area contributed by atoms with E-state index in [2.05, 4.69) is 69.8 Å². The summed E-state index contributed by atoms with van der Waals surface area (Å²) in [5.41, 5.74) is 7.47. The number of rotatable bonds is 2. The van der Waals surface area contributed by atoms with Crippen LogP contribution in [-0.4, -0.2) is 0 Å². The van der Waals surface area contributed by atoms with Crippen molar-refractivity contribution in [1.29, 1.82) is 0 Å². The highest BCUT2D eigenvalue weighted by atomic mass is 14.1. The maximum Gasteiger partial charge on any atom is -0.0178 e. The molecule has 86 valence electrons. The van der Waals surface area contributed by atoms with Crippen LogP contribution in [0, 0.1) is 13.8 Å². The topological polar surface area (TPSA) is 0 Å². The van der Waals surface area contributed by atoms with Gasteiger partial charge in [-0.3, -0.25) is 0 Å². The molecular weight excluding hydrogens is 204 g/mol. The highest BCUT2D eigenvalue weighted by Crippen LogP contribution is 2.25. The first-order valence-electron chi connectivity index (χ1n) is 5.91. The van der Waals surface area contributed by atoms with Crippen LogP contribution in [0.3, 0.4) is 0 Å². The molecule has 2 rings (SSSR count). The van der Waals surface area contributed by atoms with E-state index in [0.29, 0.717) is 0 Å². The second-order valence-electron chi connectivity index (χ2n) is 4.68. The van der Waals surface area contributed by atoms with Gasteiger partial charge >= 0.3 is 0 Å². The molecule has 0 atom stereocenters. The quantitative estimate of drug-likeness (QED) is 0.670. The summed E-state index contributed by atoms with van der Waals surface area (Å²) in [7, 11) is 0. The third-order valence-corrected chi connectivity index (χ3v) is 3.08. The van der Waals surface area contributed by atoms with Crippen LogP contribution in [-0.2, 0) is 0 Å². The SMILES string of the molecule is C=C(C)c1cc(-c2ccc(C)cc2)ccc1C. The zero-order valence-corrected chi connectivity index (χ0v) is 10.7. The normalized spacial score (nSPS) is 10.3. The lowest BCUT2D eigenvalue weighted by Gasteiger charge is -2.09. The Labute approximate surface area is 104 Å². The van der Waals surface area contributed by atoms with Gasteiger partial charge < -0.3 is 0 Å². The number of hydrogen-bond donors (Lipinski definition) is 0. The van der Waals surface area contributed by atoms with Gasteiger partial charge in [0.1, 0.15) is 0 Å². The molecule has 0 saturated carbocycles. The van der Waals surface area contributed by atoms with Crippen molar-refractivity contribution in [3.8, 4) is 11.1 Å². The summed E-state index contributed by atoms with van der Waals surface area (Å²) in [6.07, 6.45) is 0. The van der Waals surface area contributed by atoms with Crippen LogP contribution in [0.1, 0.15) is 23.6 Å². The number of benzene rings is 2. The lowest BCUT2D eigenvalue weighted by Crippen LogP contribution is -1.87. The predicted octanol–water partition coefficient (Wildman–Crippen LogP) is 5.00. The van der Waals surface area contributed by atoms with Gasteiger partial charge in [0.05, 0.1) is 0 Å². The Hall–Kier alpha value is -1.82. The molecule has 0 amide bonds. The van der Waals surface area contributed by atoms with Crippen LogP contribution in [0.25, 0.3) is 16.7 Å². The summed E-state index contributed by atoms with van der Waals surface area (Å²) in [5, 5.41) is 0. The maximum absolute atomic E-state index is 4.04. The first-order valence-corrected chi connectivity index (χ1v) is 5.91. The summed E-state index contributed by atoms with van der Waals surface area (Å²) in [6.45, 7) is 10.3. The van der Waals surface area contributed by atoms with Crippen molar-refractivity contribution < 1.29 is 0 Å². The fraction of sp³-hybridized carbons (Fsp3) is 0.176. The van der Waals surface area contributed by atoms with E-state index in [1.54, 1.807) is 0 Å². The molecule has 0 saturated heterocycles. The van der Waals surface area contributed by atoms with Crippen molar-refractivity contribution in [2.75, 3.05) is 0 Å². The van der Waals surface area contributed by atoms with Gasteiger partial charge in [-0.1, -0.05) is 54.1 Å². The predicted molar refractivity (Wildman–Crippen MR) is 76.1 cm³/mol. The molecule has 0 aliphatic rings. The number of allylic oxidation sites excluding steroid dienone is 1. The smallest absolute Gasteiger partial charge is 0.0178 e. The van der Waals surface area contributed by atoms with Crippen LogP contribution < -0.4 is 0 Å². The number of hydrogen-bond acceptors (Lipinski definition) is 0. The Morgan fingerprint density at radius 2 is 1.47 bits per heavy atom. The zero-order chi connectivity index (χ0) is 12.4. The third kappa shape index (κ3) is 2.47. The van der Waals surface area contributed by atoms with E-state index in [-0.39, 0.29) is 0 Å². The van der Waals surface area contributed by atoms with Crippen LogP contribution in [0.4, 0.5) is 0 Å². The van der Waals surface area contributed by atoms with E-state index in [0.717, 1.165) is 5.57 Å². The molecule has 2 aromatic rings. The van der Waals surface area contributed by atoms with Crippen molar-refractivity contribution >= 4 is 5.57 Å². The Bertz CT molecular complexity index is 545. The Morgan fingerprint density at radius 3 is 2.06 bits per heavy atom. The molecule has 2 aromatic carbocycles. The highest BCUT2D eigenvalue weighted by molar-refractivity contribution is 5.72. The molecule has 0 unspecified atom stereocenters. The van der Waals surface area contributed by atoms with Gasteiger partial charge in [0, 0.05) is 0 Å². The van der Waals surface area contributed by atoms with Gasteiger partial charge in [-0.05, 0) is 49.1 Å². The largest absolute Gasteiger partial charge is 0.0955 e. The second kappa shape index (κ2) is 4.58. The van der Waals surface area contributed by atoms with Crippen molar-refractivity contribution in [1.82, 2.24) is 0 Å². The summed E-state index contributed by atoms with van der Waals surface area (Å²) in [5.74, 6) is 0. The van der Waals surface area contributed by atoms with Crippen LogP contribution in [0.15, 0.2) is 49.0 Å². The molecule has 0 spiro atoms. The number of aryl methyl sites for hydroxylation is 2. The van der Waals surface area contributed by atoms with E-state index >= 15 is 0 Å². The molecular formula is C17H18. The standard InChI is InChI=1S/C17H18/c1-12(2)17-11-16(10-7-14(17)4)15-8-5-13(3)6-9-15/h5-11H,1H2,2-4H3. The molecule has 0 aliphatic heterocycles. The zero-order valence-electron chi connectivity index (χ0n) is 10.7. The monoisotopic (exact) mass is 222 g/mol. The molecule has 0 radical (unpaired) electrons. The molecule has 17 heavy (non-hydrogen) atoms. The van der Waals surface area contributed by atoms with Crippen LogP contribution in [0.2, 0.25) is 0 Å². The molecule has 0 aromatic heterocycles. The van der Waals surface area contributed by atoms with Gasteiger partial charge in [-0.25, -0.2) is 0 Å². The fourth-order valence-electron chi connectivity index (χ4n) is 2.01. The Morgan fingerprint density at radius 1 is 0.882 bits per heavy atom. The average Bonchev–Trinajstić information content (AvgIpc) is 2.30. The molecule has 0 nitrogen and oxygen atoms in total. The lowest BCUT2D eigenvalue weighted by atomic mass is 9.96. The second-order valence-corrected chi connectivity index (χ2v) is 4.68. The van der Waals surface area contributed by atoms with Crippen molar-refractivity contribution in [3.05, 3.63) is 65.7 Å². The third-order valence-electron chi connectivity index (χ3n) is 3.08. The Kier molecular flexibility index (Phi) is 3.14. The molecule has 0 aliphatic carbocycles. The van der Waals surface area contributed by atoms with Crippen molar-refractivity contribution in [2.45, 2.75) is 20.8 Å². The van der Waals surface area contributed by atoms with E-state index in [4.69, 9.17) is 0 Å². The molecule has 0 heteroatoms. The van der Waals surface area contributed by atoms with E-state index < -0.39 is 0 Å². The van der Waals surface area contributed by atoms with Crippen LogP contribution in [0.5, 0.6) is 0 Å². The minimum atomic E-state index is 1.12. The van der Waals surface area contributed by atoms with E-state index in [9.17, 15) is 0 Å². The maximum atomic E-state index is 4.04. The lowest BCUT2D eigenvalue weighted by molar-refractivity contribution is 1.40. The van der Waals surface area contributed by atoms with E-state index in [1.807, 2.05) is 0 Å². The summed E-state index contributed by atoms with van der Waals surface area (Å²) < 4.78 is 0. The Balaban J connectivity index is 2.50. The van der Waals surface area contributed by atoms with Gasteiger partial charge in [0.15, 0.2) is 0 Å². The van der Waals surface area contributed by atoms with Gasteiger partial charge in [-0.2, -0.15) is 0 Å². The first-order chi connectivity index (χ1) is 8.08. The minimum absolute atomic E-state index is 1.12. The fourth-order valence-corrected chi connectivity index (χ4v) is 2.01. The first kappa shape index (κ1) is 11.7. The van der Waals surface area contributed by atoms with Crippen molar-refractivity contribution in [2.24, 2.45) is 0 Å². The van der Waals surface area contributed by atoms with E-state index in [1.165, 1.54) is 27.8 Å². The minimum Gasteiger partial charge on any atom is -0.0955 e.